The molecule has 2 heterocycles. The lowest BCUT2D eigenvalue weighted by molar-refractivity contribution is -0.122. The van der Waals surface area contributed by atoms with Crippen LogP contribution in [0.2, 0.25) is 0 Å². The van der Waals surface area contributed by atoms with Gasteiger partial charge in [-0.05, 0) is 43.4 Å². The van der Waals surface area contributed by atoms with Crippen molar-refractivity contribution < 1.29 is 4.79 Å². The number of anilines is 1. The molecule has 0 atom stereocenters. The lowest BCUT2D eigenvalue weighted by atomic mass is 10.0. The highest BCUT2D eigenvalue weighted by molar-refractivity contribution is 5.76. The van der Waals surface area contributed by atoms with Crippen molar-refractivity contribution in [2.45, 2.75) is 51.6 Å². The first-order valence-corrected chi connectivity index (χ1v) is 9.20. The molecule has 6 heteroatoms. The zero-order valence-corrected chi connectivity index (χ0v) is 14.9. The van der Waals surface area contributed by atoms with Crippen LogP contribution in [-0.2, 0) is 17.8 Å². The van der Waals surface area contributed by atoms with Gasteiger partial charge in [0.2, 0.25) is 5.91 Å². The van der Waals surface area contributed by atoms with Gasteiger partial charge in [-0.2, -0.15) is 5.10 Å². The van der Waals surface area contributed by atoms with E-state index in [9.17, 15) is 4.79 Å². The number of aromatic nitrogens is 3. The first-order chi connectivity index (χ1) is 12.2. The van der Waals surface area contributed by atoms with E-state index in [-0.39, 0.29) is 5.91 Å². The average molecular weight is 341 g/mol. The molecular formula is C19H27N5O. The molecule has 0 spiro atoms. The van der Waals surface area contributed by atoms with Crippen LogP contribution >= 0.6 is 0 Å². The van der Waals surface area contributed by atoms with E-state index in [4.69, 9.17) is 0 Å². The van der Waals surface area contributed by atoms with Crippen LogP contribution in [0.25, 0.3) is 0 Å². The van der Waals surface area contributed by atoms with Crippen molar-refractivity contribution in [1.82, 2.24) is 20.1 Å². The summed E-state index contributed by atoms with van der Waals surface area (Å²) in [5, 5.41) is 7.22. The maximum absolute atomic E-state index is 12.1. The minimum absolute atomic E-state index is 0.144. The van der Waals surface area contributed by atoms with E-state index in [2.05, 4.69) is 51.5 Å². The summed E-state index contributed by atoms with van der Waals surface area (Å²) in [7, 11) is 0. The van der Waals surface area contributed by atoms with Gasteiger partial charge in [0.15, 0.2) is 0 Å². The molecule has 1 saturated heterocycles. The lowest BCUT2D eigenvalue weighted by Crippen LogP contribution is -2.44. The Balaban J connectivity index is 1.37. The molecular weight excluding hydrogens is 314 g/mol. The molecule has 1 aromatic carbocycles. The molecule has 0 bridgehead atoms. The first-order valence-electron chi connectivity index (χ1n) is 9.20. The highest BCUT2D eigenvalue weighted by Crippen LogP contribution is 2.20. The molecule has 0 unspecified atom stereocenters. The monoisotopic (exact) mass is 341 g/mol. The summed E-state index contributed by atoms with van der Waals surface area (Å²) in [5.74, 6) is 0.144. The zero-order valence-electron chi connectivity index (χ0n) is 14.9. The zero-order chi connectivity index (χ0) is 17.5. The molecule has 0 aliphatic carbocycles. The van der Waals surface area contributed by atoms with Gasteiger partial charge in [0.05, 0.1) is 0 Å². The topological polar surface area (TPSA) is 63.1 Å². The Labute approximate surface area is 149 Å². The average Bonchev–Trinajstić information content (AvgIpc) is 3.16. The minimum atomic E-state index is 0.144. The fourth-order valence-corrected chi connectivity index (χ4v) is 3.27. The number of nitrogens with zero attached hydrogens (tertiary/aromatic N) is 4. The molecule has 0 radical (unpaired) electrons. The summed E-state index contributed by atoms with van der Waals surface area (Å²) >= 11 is 0. The number of nitrogens with one attached hydrogen (secondary N) is 1. The van der Waals surface area contributed by atoms with Gasteiger partial charge in [-0.1, -0.05) is 19.1 Å². The second kappa shape index (κ2) is 8.65. The predicted molar refractivity (Wildman–Crippen MR) is 98.5 cm³/mol. The summed E-state index contributed by atoms with van der Waals surface area (Å²) < 4.78 is 1.76. The number of carbonyl (C=O) groups is 1. The van der Waals surface area contributed by atoms with Crippen molar-refractivity contribution >= 4 is 11.6 Å². The van der Waals surface area contributed by atoms with E-state index in [1.807, 2.05) is 0 Å². The van der Waals surface area contributed by atoms with Crippen LogP contribution in [-0.4, -0.2) is 39.8 Å². The molecule has 2 aromatic rings. The van der Waals surface area contributed by atoms with Crippen molar-refractivity contribution in [2.24, 2.45) is 0 Å². The summed E-state index contributed by atoms with van der Waals surface area (Å²) in [6.07, 6.45) is 7.61. The van der Waals surface area contributed by atoms with E-state index >= 15 is 0 Å². The minimum Gasteiger partial charge on any atom is -0.371 e. The largest absolute Gasteiger partial charge is 0.371 e. The molecule has 1 amide bonds. The van der Waals surface area contributed by atoms with E-state index < -0.39 is 0 Å². The molecule has 1 aromatic heterocycles. The SMILES string of the molecule is CCc1ccc(N2CCC(NC(=O)CCCn3cncn3)CC2)cc1. The van der Waals surface area contributed by atoms with Gasteiger partial charge in [0.25, 0.3) is 0 Å². The fourth-order valence-electron chi connectivity index (χ4n) is 3.27. The van der Waals surface area contributed by atoms with Crippen molar-refractivity contribution in [3.63, 3.8) is 0 Å². The summed E-state index contributed by atoms with van der Waals surface area (Å²) in [5.41, 5.74) is 2.66. The van der Waals surface area contributed by atoms with E-state index in [1.54, 1.807) is 11.0 Å². The van der Waals surface area contributed by atoms with Crippen LogP contribution in [0.1, 0.15) is 38.2 Å². The molecule has 134 valence electrons. The van der Waals surface area contributed by atoms with Crippen LogP contribution in [0.5, 0.6) is 0 Å². The molecule has 1 aliphatic rings. The third kappa shape index (κ3) is 5.05. The standard InChI is InChI=1S/C19H27N5O/c1-2-16-5-7-18(8-6-16)23-12-9-17(10-13-23)22-19(25)4-3-11-24-15-20-14-21-24/h5-8,14-15,17H,2-4,9-13H2,1H3,(H,22,25). The Morgan fingerprint density at radius 2 is 2.00 bits per heavy atom. The maximum atomic E-state index is 12.1. The highest BCUT2D eigenvalue weighted by atomic mass is 16.1. The van der Waals surface area contributed by atoms with Gasteiger partial charge >= 0.3 is 0 Å². The third-order valence-electron chi connectivity index (χ3n) is 4.83. The van der Waals surface area contributed by atoms with Crippen molar-refractivity contribution in [3.8, 4) is 0 Å². The van der Waals surface area contributed by atoms with Gasteiger partial charge < -0.3 is 10.2 Å². The predicted octanol–water partition coefficient (Wildman–Crippen LogP) is 2.41. The van der Waals surface area contributed by atoms with Gasteiger partial charge in [-0.15, -0.1) is 0 Å². The number of benzene rings is 1. The number of amides is 1. The van der Waals surface area contributed by atoms with Gasteiger partial charge in [-0.3, -0.25) is 9.48 Å². The number of hydrogen-bond donors (Lipinski definition) is 1. The summed E-state index contributed by atoms with van der Waals surface area (Å²) in [4.78, 5) is 18.4. The highest BCUT2D eigenvalue weighted by Gasteiger charge is 2.20. The number of aryl methyl sites for hydroxylation is 2. The normalized spacial score (nSPS) is 15.3. The molecule has 3 rings (SSSR count). The Morgan fingerprint density at radius 3 is 2.64 bits per heavy atom. The molecule has 6 nitrogen and oxygen atoms in total. The fraction of sp³-hybridized carbons (Fsp3) is 0.526. The Bertz CT molecular complexity index is 645. The molecule has 1 aliphatic heterocycles. The number of carbonyl (C=O) groups excluding carboxylic acids is 1. The number of rotatable bonds is 7. The van der Waals surface area contributed by atoms with Crippen molar-refractivity contribution in [1.29, 1.82) is 0 Å². The van der Waals surface area contributed by atoms with Gasteiger partial charge in [-0.25, -0.2) is 4.98 Å². The Morgan fingerprint density at radius 1 is 1.24 bits per heavy atom. The lowest BCUT2D eigenvalue weighted by Gasteiger charge is -2.34. The van der Waals surface area contributed by atoms with Gasteiger partial charge in [0, 0.05) is 37.8 Å². The van der Waals surface area contributed by atoms with Crippen molar-refractivity contribution in [3.05, 3.63) is 42.5 Å². The maximum Gasteiger partial charge on any atom is 0.220 e. The smallest absolute Gasteiger partial charge is 0.220 e. The first kappa shape index (κ1) is 17.5. The van der Waals surface area contributed by atoms with Crippen molar-refractivity contribution in [2.75, 3.05) is 18.0 Å². The van der Waals surface area contributed by atoms with Crippen LogP contribution in [0.3, 0.4) is 0 Å². The molecule has 1 fully saturated rings. The third-order valence-corrected chi connectivity index (χ3v) is 4.83. The molecule has 1 N–H and O–H groups in total. The van der Waals surface area contributed by atoms with Gasteiger partial charge in [0.1, 0.15) is 12.7 Å². The molecule has 25 heavy (non-hydrogen) atoms. The Kier molecular flexibility index (Phi) is 6.04. The van der Waals surface area contributed by atoms with Crippen LogP contribution < -0.4 is 10.2 Å². The van der Waals surface area contributed by atoms with E-state index in [0.29, 0.717) is 12.5 Å². The van der Waals surface area contributed by atoms with Crippen LogP contribution in [0, 0.1) is 0 Å². The second-order valence-corrected chi connectivity index (χ2v) is 6.61. The second-order valence-electron chi connectivity index (χ2n) is 6.61. The quantitative estimate of drug-likeness (QED) is 0.840. The number of hydrogen-bond acceptors (Lipinski definition) is 4. The summed E-state index contributed by atoms with van der Waals surface area (Å²) in [6.45, 7) is 4.90. The Hall–Kier alpha value is -2.37. The summed E-state index contributed by atoms with van der Waals surface area (Å²) in [6, 6.07) is 9.13. The van der Waals surface area contributed by atoms with Crippen LogP contribution in [0.4, 0.5) is 5.69 Å². The number of piperidine rings is 1. The molecule has 0 saturated carbocycles. The van der Waals surface area contributed by atoms with Crippen LogP contribution in [0.15, 0.2) is 36.9 Å². The van der Waals surface area contributed by atoms with E-state index in [1.165, 1.54) is 17.6 Å². The van der Waals surface area contributed by atoms with E-state index in [0.717, 1.165) is 45.3 Å².